The fourth-order valence-electron chi connectivity index (χ4n) is 2.88. The number of hydrogen-bond donors (Lipinski definition) is 1. The van der Waals surface area contributed by atoms with Crippen molar-refractivity contribution in [3.8, 4) is 11.4 Å². The molecule has 1 N–H and O–H groups in total. The summed E-state index contributed by atoms with van der Waals surface area (Å²) in [6.45, 7) is 3.92. The third-order valence-corrected chi connectivity index (χ3v) is 5.22. The molecule has 24 heavy (non-hydrogen) atoms. The van der Waals surface area contributed by atoms with Crippen LogP contribution in [0.5, 0.6) is 0 Å². The molecule has 0 atom stereocenters. The number of carbonyl (C=O) groups is 1. The zero-order valence-electron chi connectivity index (χ0n) is 14.1. The van der Waals surface area contributed by atoms with Gasteiger partial charge in [0.05, 0.1) is 5.75 Å². The first kappa shape index (κ1) is 17.0. The third kappa shape index (κ3) is 4.38. The van der Waals surface area contributed by atoms with Gasteiger partial charge >= 0.3 is 0 Å². The first-order valence-corrected chi connectivity index (χ1v) is 9.67. The fraction of sp³-hybridized carbons (Fsp3) is 0.500. The Balaban J connectivity index is 1.56. The highest BCUT2D eigenvalue weighted by Gasteiger charge is 2.16. The van der Waals surface area contributed by atoms with Gasteiger partial charge < -0.3 is 4.90 Å². The molecular weight excluding hydrogens is 320 g/mol. The van der Waals surface area contributed by atoms with Crippen LogP contribution in [0.3, 0.4) is 0 Å². The highest BCUT2D eigenvalue weighted by Crippen LogP contribution is 2.20. The smallest absolute Gasteiger partial charge is 0.233 e. The van der Waals surface area contributed by atoms with E-state index in [4.69, 9.17) is 0 Å². The lowest BCUT2D eigenvalue weighted by Gasteiger charge is -2.19. The summed E-state index contributed by atoms with van der Waals surface area (Å²) < 4.78 is 0. The summed E-state index contributed by atoms with van der Waals surface area (Å²) in [7, 11) is 0. The number of amides is 1. The van der Waals surface area contributed by atoms with Gasteiger partial charge in [0, 0.05) is 18.7 Å². The molecule has 2 heterocycles. The van der Waals surface area contributed by atoms with Gasteiger partial charge in [0.25, 0.3) is 0 Å². The predicted molar refractivity (Wildman–Crippen MR) is 97.0 cm³/mol. The van der Waals surface area contributed by atoms with Gasteiger partial charge in [0.2, 0.25) is 11.1 Å². The highest BCUT2D eigenvalue weighted by molar-refractivity contribution is 7.99. The molecule has 0 saturated carbocycles. The Morgan fingerprint density at radius 3 is 2.54 bits per heavy atom. The van der Waals surface area contributed by atoms with Gasteiger partial charge in [-0.15, -0.1) is 5.10 Å². The molecule has 6 heteroatoms. The van der Waals surface area contributed by atoms with Crippen molar-refractivity contribution in [2.24, 2.45) is 0 Å². The quantitative estimate of drug-likeness (QED) is 0.843. The number of aryl methyl sites for hydroxylation is 1. The van der Waals surface area contributed by atoms with E-state index in [1.165, 1.54) is 30.2 Å². The van der Waals surface area contributed by atoms with Gasteiger partial charge in [0.15, 0.2) is 5.82 Å². The number of nitrogens with one attached hydrogen (secondary N) is 1. The molecule has 128 valence electrons. The van der Waals surface area contributed by atoms with Gasteiger partial charge in [-0.2, -0.15) is 0 Å². The van der Waals surface area contributed by atoms with Gasteiger partial charge in [-0.05, 0) is 24.8 Å². The monoisotopic (exact) mass is 344 g/mol. The van der Waals surface area contributed by atoms with Crippen molar-refractivity contribution in [1.82, 2.24) is 20.1 Å². The van der Waals surface area contributed by atoms with Gasteiger partial charge in [-0.25, -0.2) is 4.98 Å². The zero-order valence-corrected chi connectivity index (χ0v) is 14.9. The van der Waals surface area contributed by atoms with Crippen LogP contribution < -0.4 is 0 Å². The van der Waals surface area contributed by atoms with E-state index >= 15 is 0 Å². The minimum Gasteiger partial charge on any atom is -0.342 e. The summed E-state index contributed by atoms with van der Waals surface area (Å²) in [4.78, 5) is 18.8. The second-order valence-corrected chi connectivity index (χ2v) is 7.04. The Bertz CT molecular complexity index is 660. The van der Waals surface area contributed by atoms with E-state index in [0.717, 1.165) is 43.7 Å². The van der Waals surface area contributed by atoms with Crippen LogP contribution in [0.1, 0.15) is 38.2 Å². The maximum atomic E-state index is 12.3. The molecule has 1 aliphatic rings. The molecule has 1 saturated heterocycles. The fourth-order valence-corrected chi connectivity index (χ4v) is 3.58. The van der Waals surface area contributed by atoms with Gasteiger partial charge in [0.1, 0.15) is 0 Å². The topological polar surface area (TPSA) is 61.9 Å². The van der Waals surface area contributed by atoms with Crippen LogP contribution in [-0.2, 0) is 11.2 Å². The predicted octanol–water partition coefficient (Wildman–Crippen LogP) is 3.53. The number of rotatable bonds is 5. The molecular formula is C18H24N4OS. The summed E-state index contributed by atoms with van der Waals surface area (Å²) in [5.41, 5.74) is 2.32. The molecule has 0 aliphatic carbocycles. The Morgan fingerprint density at radius 1 is 1.17 bits per heavy atom. The molecule has 1 aromatic carbocycles. The minimum absolute atomic E-state index is 0.195. The number of H-pyrrole nitrogens is 1. The van der Waals surface area contributed by atoms with Gasteiger partial charge in [-0.3, -0.25) is 9.89 Å². The Labute approximate surface area is 147 Å². The lowest BCUT2D eigenvalue weighted by molar-refractivity contribution is -0.128. The minimum atomic E-state index is 0.195. The van der Waals surface area contributed by atoms with Crippen molar-refractivity contribution >= 4 is 17.7 Å². The standard InChI is InChI=1S/C18H24N4OS/c1-2-14-7-9-15(10-8-14)17-19-18(21-20-17)24-13-16(23)22-11-5-3-4-6-12-22/h7-10H,2-6,11-13H2,1H3,(H,19,20,21). The summed E-state index contributed by atoms with van der Waals surface area (Å²) >= 11 is 1.41. The molecule has 0 unspecified atom stereocenters. The van der Waals surface area contributed by atoms with E-state index < -0.39 is 0 Å². The second-order valence-electron chi connectivity index (χ2n) is 6.10. The van der Waals surface area contributed by atoms with E-state index in [9.17, 15) is 4.79 Å². The number of thioether (sulfide) groups is 1. The molecule has 1 amide bonds. The van der Waals surface area contributed by atoms with Crippen LogP contribution in [0.15, 0.2) is 29.4 Å². The maximum Gasteiger partial charge on any atom is 0.233 e. The Morgan fingerprint density at radius 2 is 1.88 bits per heavy atom. The van der Waals surface area contributed by atoms with E-state index in [1.807, 2.05) is 4.90 Å². The van der Waals surface area contributed by atoms with E-state index in [-0.39, 0.29) is 5.91 Å². The molecule has 5 nitrogen and oxygen atoms in total. The normalized spacial score (nSPS) is 15.3. The largest absolute Gasteiger partial charge is 0.342 e. The van der Waals surface area contributed by atoms with Crippen LogP contribution >= 0.6 is 11.8 Å². The third-order valence-electron chi connectivity index (χ3n) is 4.38. The van der Waals surface area contributed by atoms with Crippen molar-refractivity contribution < 1.29 is 4.79 Å². The van der Waals surface area contributed by atoms with Crippen molar-refractivity contribution in [3.63, 3.8) is 0 Å². The summed E-state index contributed by atoms with van der Waals surface area (Å²) in [6.07, 6.45) is 5.73. The Kier molecular flexibility index (Phi) is 5.91. The summed E-state index contributed by atoms with van der Waals surface area (Å²) in [6, 6.07) is 8.31. The maximum absolute atomic E-state index is 12.3. The van der Waals surface area contributed by atoms with Crippen molar-refractivity contribution in [2.45, 2.75) is 44.2 Å². The van der Waals surface area contributed by atoms with Crippen LogP contribution in [0.25, 0.3) is 11.4 Å². The van der Waals surface area contributed by atoms with E-state index in [2.05, 4.69) is 46.4 Å². The first-order valence-electron chi connectivity index (χ1n) is 8.68. The van der Waals surface area contributed by atoms with E-state index in [1.54, 1.807) is 0 Å². The van der Waals surface area contributed by atoms with Crippen LogP contribution in [0.2, 0.25) is 0 Å². The molecule has 1 fully saturated rings. The van der Waals surface area contributed by atoms with E-state index in [0.29, 0.717) is 10.9 Å². The molecule has 2 aromatic rings. The van der Waals surface area contributed by atoms with Crippen LogP contribution in [0.4, 0.5) is 0 Å². The number of aromatic amines is 1. The van der Waals surface area contributed by atoms with Crippen LogP contribution in [-0.4, -0.2) is 44.8 Å². The zero-order chi connectivity index (χ0) is 16.8. The SMILES string of the molecule is CCc1ccc(-c2nc(SCC(=O)N3CCCCCC3)n[nH]2)cc1. The summed E-state index contributed by atoms with van der Waals surface area (Å²) in [5, 5.41) is 7.83. The lowest BCUT2D eigenvalue weighted by Crippen LogP contribution is -2.33. The number of aromatic nitrogens is 3. The summed E-state index contributed by atoms with van der Waals surface area (Å²) in [5.74, 6) is 1.36. The first-order chi connectivity index (χ1) is 11.8. The number of carbonyl (C=O) groups excluding carboxylic acids is 1. The number of hydrogen-bond acceptors (Lipinski definition) is 4. The lowest BCUT2D eigenvalue weighted by atomic mass is 10.1. The Hall–Kier alpha value is -1.82. The second kappa shape index (κ2) is 8.33. The molecule has 0 radical (unpaired) electrons. The average Bonchev–Trinajstić information content (AvgIpc) is 2.92. The molecule has 0 bridgehead atoms. The highest BCUT2D eigenvalue weighted by atomic mass is 32.2. The molecule has 1 aromatic heterocycles. The molecule has 3 rings (SSSR count). The molecule has 1 aliphatic heterocycles. The molecule has 0 spiro atoms. The van der Waals surface area contributed by atoms with Crippen molar-refractivity contribution in [1.29, 1.82) is 0 Å². The van der Waals surface area contributed by atoms with Crippen LogP contribution in [0, 0.1) is 0 Å². The van der Waals surface area contributed by atoms with Crippen molar-refractivity contribution in [3.05, 3.63) is 29.8 Å². The number of likely N-dealkylation sites (tertiary alicyclic amines) is 1. The average molecular weight is 344 g/mol. The number of nitrogens with zero attached hydrogens (tertiary/aromatic N) is 3. The number of benzene rings is 1. The van der Waals surface area contributed by atoms with Crippen molar-refractivity contribution in [2.75, 3.05) is 18.8 Å². The van der Waals surface area contributed by atoms with Gasteiger partial charge in [-0.1, -0.05) is 55.8 Å².